The maximum atomic E-state index is 12.7. The first-order chi connectivity index (χ1) is 13.5. The van der Waals surface area contributed by atoms with E-state index in [1.807, 2.05) is 52.6 Å². The summed E-state index contributed by atoms with van der Waals surface area (Å²) in [4.78, 5) is 12.7. The molecule has 1 N–H and O–H groups in total. The first-order valence-corrected chi connectivity index (χ1v) is 10.4. The van der Waals surface area contributed by atoms with Crippen molar-refractivity contribution in [2.24, 2.45) is 0 Å². The number of hydrogen-bond donors (Lipinski definition) is 1. The molecule has 28 heavy (non-hydrogen) atoms. The van der Waals surface area contributed by atoms with Crippen molar-refractivity contribution < 1.29 is 4.79 Å². The number of carbonyl (C=O) groups excluding carboxylic acids is 1. The Morgan fingerprint density at radius 2 is 1.89 bits per heavy atom. The molecule has 0 aliphatic carbocycles. The SMILES string of the molecule is CC[C@@H](C)n1nccc1NC(=O)[C@H](C)Sc1nnc(-c2ccccc2)n1CC. The van der Waals surface area contributed by atoms with E-state index in [0.29, 0.717) is 5.82 Å². The van der Waals surface area contributed by atoms with Crippen LogP contribution in [0.1, 0.15) is 40.2 Å². The summed E-state index contributed by atoms with van der Waals surface area (Å²) < 4.78 is 3.88. The molecule has 2 atom stereocenters. The molecule has 8 heteroatoms. The third kappa shape index (κ3) is 4.27. The molecule has 2 heterocycles. The zero-order valence-electron chi connectivity index (χ0n) is 16.7. The zero-order valence-corrected chi connectivity index (χ0v) is 17.5. The number of nitrogens with zero attached hydrogens (tertiary/aromatic N) is 5. The first kappa shape index (κ1) is 20.1. The minimum Gasteiger partial charge on any atom is -0.310 e. The topological polar surface area (TPSA) is 77.6 Å². The maximum absolute atomic E-state index is 12.7. The van der Waals surface area contributed by atoms with Crippen molar-refractivity contribution in [2.45, 2.75) is 57.1 Å². The van der Waals surface area contributed by atoms with Crippen LogP contribution in [0.3, 0.4) is 0 Å². The molecule has 0 bridgehead atoms. The van der Waals surface area contributed by atoms with Gasteiger partial charge in [-0.15, -0.1) is 10.2 Å². The molecule has 7 nitrogen and oxygen atoms in total. The first-order valence-electron chi connectivity index (χ1n) is 9.54. The highest BCUT2D eigenvalue weighted by atomic mass is 32.2. The molecule has 0 saturated carbocycles. The van der Waals surface area contributed by atoms with E-state index >= 15 is 0 Å². The molecular weight excluding hydrogens is 372 g/mol. The van der Waals surface area contributed by atoms with Crippen LogP contribution in [0.2, 0.25) is 0 Å². The smallest absolute Gasteiger partial charge is 0.238 e. The van der Waals surface area contributed by atoms with E-state index in [0.717, 1.165) is 29.5 Å². The number of hydrogen-bond acceptors (Lipinski definition) is 5. The Labute approximate surface area is 169 Å². The summed E-state index contributed by atoms with van der Waals surface area (Å²) in [5, 5.41) is 16.4. The predicted octanol–water partition coefficient (Wildman–Crippen LogP) is 4.25. The van der Waals surface area contributed by atoms with Gasteiger partial charge >= 0.3 is 0 Å². The van der Waals surface area contributed by atoms with Crippen LogP contribution in [-0.2, 0) is 11.3 Å². The Balaban J connectivity index is 1.73. The maximum Gasteiger partial charge on any atom is 0.238 e. The average molecular weight is 399 g/mol. The van der Waals surface area contributed by atoms with Crippen molar-refractivity contribution in [3.63, 3.8) is 0 Å². The van der Waals surface area contributed by atoms with Crippen molar-refractivity contribution >= 4 is 23.5 Å². The van der Waals surface area contributed by atoms with Gasteiger partial charge in [0.05, 0.1) is 17.5 Å². The number of rotatable bonds is 8. The monoisotopic (exact) mass is 398 g/mol. The highest BCUT2D eigenvalue weighted by Gasteiger charge is 2.21. The van der Waals surface area contributed by atoms with E-state index < -0.39 is 0 Å². The van der Waals surface area contributed by atoms with Gasteiger partial charge in [-0.25, -0.2) is 4.68 Å². The van der Waals surface area contributed by atoms with Gasteiger partial charge in [0.1, 0.15) is 5.82 Å². The van der Waals surface area contributed by atoms with Crippen molar-refractivity contribution in [3.8, 4) is 11.4 Å². The highest BCUT2D eigenvalue weighted by molar-refractivity contribution is 8.00. The lowest BCUT2D eigenvalue weighted by Gasteiger charge is -2.16. The van der Waals surface area contributed by atoms with E-state index in [9.17, 15) is 4.79 Å². The van der Waals surface area contributed by atoms with Gasteiger partial charge in [-0.2, -0.15) is 5.10 Å². The molecular formula is C20H26N6OS. The molecule has 2 aromatic heterocycles. The Bertz CT molecular complexity index is 920. The molecule has 1 aromatic carbocycles. The van der Waals surface area contributed by atoms with Crippen LogP contribution >= 0.6 is 11.8 Å². The van der Waals surface area contributed by atoms with Gasteiger partial charge in [0.25, 0.3) is 0 Å². The van der Waals surface area contributed by atoms with Crippen LogP contribution in [0, 0.1) is 0 Å². The lowest BCUT2D eigenvalue weighted by atomic mass is 10.2. The second kappa shape index (κ2) is 9.05. The number of carbonyl (C=O) groups is 1. The molecule has 0 saturated heterocycles. The quantitative estimate of drug-likeness (QED) is 0.574. The summed E-state index contributed by atoms with van der Waals surface area (Å²) >= 11 is 1.41. The summed E-state index contributed by atoms with van der Waals surface area (Å²) in [7, 11) is 0. The second-order valence-electron chi connectivity index (χ2n) is 6.58. The summed E-state index contributed by atoms with van der Waals surface area (Å²) in [5.41, 5.74) is 1.01. The largest absolute Gasteiger partial charge is 0.310 e. The number of aromatic nitrogens is 5. The van der Waals surface area contributed by atoms with Crippen molar-refractivity contribution in [3.05, 3.63) is 42.6 Å². The molecule has 3 rings (SSSR count). The standard InChI is InChI=1S/C20H26N6OS/c1-5-14(3)26-17(12-13-21-26)22-19(27)15(4)28-20-24-23-18(25(20)6-2)16-10-8-7-9-11-16/h7-15H,5-6H2,1-4H3,(H,22,27)/t14-,15+/m1/s1. The molecule has 0 spiro atoms. The van der Waals surface area contributed by atoms with Crippen LogP contribution in [0.25, 0.3) is 11.4 Å². The Morgan fingerprint density at radius 3 is 2.57 bits per heavy atom. The van der Waals surface area contributed by atoms with Gasteiger partial charge in [-0.1, -0.05) is 49.0 Å². The molecule has 0 fully saturated rings. The third-order valence-electron chi connectivity index (χ3n) is 4.65. The second-order valence-corrected chi connectivity index (χ2v) is 7.89. The van der Waals surface area contributed by atoms with E-state index in [-0.39, 0.29) is 17.2 Å². The van der Waals surface area contributed by atoms with Crippen LogP contribution in [0.5, 0.6) is 0 Å². The number of nitrogens with one attached hydrogen (secondary N) is 1. The average Bonchev–Trinajstić information content (AvgIpc) is 3.34. The Morgan fingerprint density at radius 1 is 1.14 bits per heavy atom. The molecule has 148 valence electrons. The van der Waals surface area contributed by atoms with Crippen LogP contribution in [0.15, 0.2) is 47.8 Å². The fraction of sp³-hybridized carbons (Fsp3) is 0.400. The van der Waals surface area contributed by atoms with Crippen molar-refractivity contribution in [2.75, 3.05) is 5.32 Å². The summed E-state index contributed by atoms with van der Waals surface area (Å²) in [5.74, 6) is 1.45. The van der Waals surface area contributed by atoms with E-state index in [1.165, 1.54) is 11.8 Å². The van der Waals surface area contributed by atoms with Crippen LogP contribution in [0.4, 0.5) is 5.82 Å². The molecule has 0 radical (unpaired) electrons. The van der Waals surface area contributed by atoms with E-state index in [1.54, 1.807) is 6.20 Å². The van der Waals surface area contributed by atoms with Gasteiger partial charge in [0.2, 0.25) is 5.91 Å². The minimum absolute atomic E-state index is 0.0815. The van der Waals surface area contributed by atoms with Gasteiger partial charge in [0.15, 0.2) is 11.0 Å². The van der Waals surface area contributed by atoms with Gasteiger partial charge in [-0.05, 0) is 27.2 Å². The van der Waals surface area contributed by atoms with Crippen molar-refractivity contribution in [1.29, 1.82) is 0 Å². The Hall–Kier alpha value is -2.61. The predicted molar refractivity (Wildman–Crippen MR) is 112 cm³/mol. The number of anilines is 1. The summed E-state index contributed by atoms with van der Waals surface area (Å²) in [6.45, 7) is 8.83. The summed E-state index contributed by atoms with van der Waals surface area (Å²) in [6, 6.07) is 12.0. The van der Waals surface area contributed by atoms with Gasteiger partial charge in [-0.3, -0.25) is 4.79 Å². The van der Waals surface area contributed by atoms with Gasteiger partial charge < -0.3 is 9.88 Å². The number of benzene rings is 1. The van der Waals surface area contributed by atoms with E-state index in [4.69, 9.17) is 0 Å². The van der Waals surface area contributed by atoms with Crippen LogP contribution < -0.4 is 5.32 Å². The van der Waals surface area contributed by atoms with Gasteiger partial charge in [0, 0.05) is 18.2 Å². The third-order valence-corrected chi connectivity index (χ3v) is 5.73. The zero-order chi connectivity index (χ0) is 20.1. The minimum atomic E-state index is -0.321. The Kier molecular flexibility index (Phi) is 6.51. The highest BCUT2D eigenvalue weighted by Crippen LogP contribution is 2.27. The lowest BCUT2D eigenvalue weighted by Crippen LogP contribution is -2.25. The van der Waals surface area contributed by atoms with E-state index in [2.05, 4.69) is 41.4 Å². The fourth-order valence-corrected chi connectivity index (χ4v) is 3.75. The normalized spacial score (nSPS) is 13.3. The van der Waals surface area contributed by atoms with Crippen LogP contribution in [-0.4, -0.2) is 35.7 Å². The van der Waals surface area contributed by atoms with Crippen molar-refractivity contribution in [1.82, 2.24) is 24.5 Å². The molecule has 1 amide bonds. The molecule has 3 aromatic rings. The summed E-state index contributed by atoms with van der Waals surface area (Å²) in [6.07, 6.45) is 2.65. The fourth-order valence-electron chi connectivity index (χ4n) is 2.84. The molecule has 0 aliphatic rings. The molecule has 0 aliphatic heterocycles. The number of amides is 1. The lowest BCUT2D eigenvalue weighted by molar-refractivity contribution is -0.115. The number of thioether (sulfide) groups is 1. The molecule has 0 unspecified atom stereocenters.